The lowest BCUT2D eigenvalue weighted by atomic mass is 9.95. The molecule has 0 aliphatic carbocycles. The van der Waals surface area contributed by atoms with Crippen molar-refractivity contribution in [1.82, 2.24) is 19.9 Å². The van der Waals surface area contributed by atoms with Crippen LogP contribution in [0.25, 0.3) is 11.4 Å². The molecule has 4 rings (SSSR count). The highest BCUT2D eigenvalue weighted by atomic mass is 16.5. The number of aryl methyl sites for hydroxylation is 2. The van der Waals surface area contributed by atoms with Crippen LogP contribution in [-0.4, -0.2) is 46.0 Å². The Morgan fingerprint density at radius 2 is 1.81 bits per heavy atom. The van der Waals surface area contributed by atoms with Crippen LogP contribution >= 0.6 is 0 Å². The highest BCUT2D eigenvalue weighted by Gasteiger charge is 2.28. The van der Waals surface area contributed by atoms with E-state index in [1.807, 2.05) is 38.2 Å². The first-order valence-electron chi connectivity index (χ1n) is 10.9. The smallest absolute Gasteiger partial charge is 0.246 e. The van der Waals surface area contributed by atoms with E-state index in [0.717, 1.165) is 43.6 Å². The lowest BCUT2D eigenvalue weighted by Gasteiger charge is -2.33. The number of nitrogens with zero attached hydrogens (tertiary/aromatic N) is 4. The molecular formula is C25H30N4O2. The molecule has 2 heterocycles. The predicted molar refractivity (Wildman–Crippen MR) is 120 cm³/mol. The van der Waals surface area contributed by atoms with Crippen LogP contribution in [-0.2, 0) is 17.9 Å². The van der Waals surface area contributed by atoms with E-state index in [-0.39, 0.29) is 11.8 Å². The van der Waals surface area contributed by atoms with E-state index in [1.165, 1.54) is 11.1 Å². The minimum Gasteiger partial charge on any atom is -0.337 e. The maximum absolute atomic E-state index is 13.0. The van der Waals surface area contributed by atoms with Gasteiger partial charge in [-0.1, -0.05) is 58.7 Å². The van der Waals surface area contributed by atoms with Crippen LogP contribution in [0.4, 0.5) is 0 Å². The van der Waals surface area contributed by atoms with Crippen molar-refractivity contribution in [3.05, 3.63) is 71.1 Å². The number of amides is 1. The molecule has 1 fully saturated rings. The zero-order valence-electron chi connectivity index (χ0n) is 18.5. The van der Waals surface area contributed by atoms with Crippen LogP contribution in [0.2, 0.25) is 0 Å². The molecule has 0 bridgehead atoms. The van der Waals surface area contributed by atoms with Gasteiger partial charge in [-0.05, 0) is 51.4 Å². The molecule has 0 saturated carbocycles. The standard InChI is InChI=1S/C25H30N4O2/c1-18-6-4-8-20(14-18)16-29-12-10-21(11-13-29)25(30)28(3)17-23-26-24(27-31-23)22-9-5-7-19(2)15-22/h4-9,14-15,21H,10-13,16-17H2,1-3H3. The monoisotopic (exact) mass is 418 g/mol. The highest BCUT2D eigenvalue weighted by Crippen LogP contribution is 2.22. The molecule has 0 atom stereocenters. The molecule has 0 N–H and O–H groups in total. The molecule has 1 amide bonds. The molecule has 6 heteroatoms. The fourth-order valence-electron chi connectivity index (χ4n) is 4.22. The largest absolute Gasteiger partial charge is 0.337 e. The number of piperidine rings is 1. The normalized spacial score (nSPS) is 15.2. The van der Waals surface area contributed by atoms with Crippen molar-refractivity contribution in [3.63, 3.8) is 0 Å². The molecule has 1 aliphatic heterocycles. The third kappa shape index (κ3) is 5.39. The quantitative estimate of drug-likeness (QED) is 0.600. The summed E-state index contributed by atoms with van der Waals surface area (Å²) >= 11 is 0. The molecule has 1 saturated heterocycles. The van der Waals surface area contributed by atoms with E-state index < -0.39 is 0 Å². The zero-order chi connectivity index (χ0) is 21.8. The van der Waals surface area contributed by atoms with E-state index in [1.54, 1.807) is 4.90 Å². The van der Waals surface area contributed by atoms with Gasteiger partial charge >= 0.3 is 0 Å². The number of rotatable bonds is 6. The average molecular weight is 419 g/mol. The van der Waals surface area contributed by atoms with E-state index >= 15 is 0 Å². The number of carbonyl (C=O) groups excluding carboxylic acids is 1. The van der Waals surface area contributed by atoms with Crippen molar-refractivity contribution < 1.29 is 9.32 Å². The summed E-state index contributed by atoms with van der Waals surface area (Å²) in [6, 6.07) is 16.6. The Morgan fingerprint density at radius 1 is 1.10 bits per heavy atom. The highest BCUT2D eigenvalue weighted by molar-refractivity contribution is 5.78. The Hall–Kier alpha value is -2.99. The number of hydrogen-bond donors (Lipinski definition) is 0. The van der Waals surface area contributed by atoms with Crippen molar-refractivity contribution in [1.29, 1.82) is 0 Å². The average Bonchev–Trinajstić information content (AvgIpc) is 3.22. The molecule has 0 spiro atoms. The lowest BCUT2D eigenvalue weighted by molar-refractivity contribution is -0.136. The van der Waals surface area contributed by atoms with Gasteiger partial charge in [-0.25, -0.2) is 0 Å². The summed E-state index contributed by atoms with van der Waals surface area (Å²) in [5.74, 6) is 1.23. The molecule has 1 aromatic heterocycles. The number of carbonyl (C=O) groups is 1. The van der Waals surface area contributed by atoms with Gasteiger partial charge in [-0.15, -0.1) is 0 Å². The van der Waals surface area contributed by atoms with E-state index in [9.17, 15) is 4.79 Å². The first kappa shape index (κ1) is 21.2. The Bertz CT molecular complexity index is 1040. The van der Waals surface area contributed by atoms with Crippen LogP contribution in [0.5, 0.6) is 0 Å². The number of likely N-dealkylation sites (tertiary alicyclic amines) is 1. The third-order valence-electron chi connectivity index (χ3n) is 5.92. The van der Waals surface area contributed by atoms with E-state index in [2.05, 4.69) is 46.2 Å². The van der Waals surface area contributed by atoms with Gasteiger partial charge in [-0.3, -0.25) is 9.69 Å². The van der Waals surface area contributed by atoms with E-state index in [0.29, 0.717) is 18.3 Å². The zero-order valence-corrected chi connectivity index (χ0v) is 18.5. The summed E-state index contributed by atoms with van der Waals surface area (Å²) in [6.45, 7) is 7.32. The Labute approximate surface area is 183 Å². The second kappa shape index (κ2) is 9.43. The first-order valence-corrected chi connectivity index (χ1v) is 10.9. The molecule has 6 nitrogen and oxygen atoms in total. The summed E-state index contributed by atoms with van der Waals surface area (Å²) < 4.78 is 5.40. The van der Waals surface area contributed by atoms with Crippen molar-refractivity contribution in [3.8, 4) is 11.4 Å². The van der Waals surface area contributed by atoms with Crippen LogP contribution in [0.1, 0.15) is 35.4 Å². The SMILES string of the molecule is Cc1cccc(CN2CCC(C(=O)N(C)Cc3nc(-c4cccc(C)c4)no3)CC2)c1. The fourth-order valence-corrected chi connectivity index (χ4v) is 4.22. The van der Waals surface area contributed by atoms with Crippen LogP contribution in [0.15, 0.2) is 53.1 Å². The van der Waals surface area contributed by atoms with Crippen LogP contribution in [0, 0.1) is 19.8 Å². The van der Waals surface area contributed by atoms with Crippen LogP contribution in [0.3, 0.4) is 0 Å². The summed E-state index contributed by atoms with van der Waals surface area (Å²) in [6.07, 6.45) is 1.76. The third-order valence-corrected chi connectivity index (χ3v) is 5.92. The fraction of sp³-hybridized carbons (Fsp3) is 0.400. The predicted octanol–water partition coefficient (Wildman–Crippen LogP) is 4.22. The van der Waals surface area contributed by atoms with Crippen molar-refractivity contribution in [2.45, 2.75) is 39.8 Å². The van der Waals surface area contributed by atoms with Crippen molar-refractivity contribution >= 4 is 5.91 Å². The number of aromatic nitrogens is 2. The molecule has 3 aromatic rings. The van der Waals surface area contributed by atoms with Gasteiger partial charge in [0.05, 0.1) is 6.54 Å². The molecule has 0 unspecified atom stereocenters. The Kier molecular flexibility index (Phi) is 6.47. The molecule has 0 radical (unpaired) electrons. The maximum Gasteiger partial charge on any atom is 0.246 e. The van der Waals surface area contributed by atoms with Gasteiger partial charge in [0.2, 0.25) is 17.6 Å². The van der Waals surface area contributed by atoms with Crippen molar-refractivity contribution in [2.24, 2.45) is 5.92 Å². The summed E-state index contributed by atoms with van der Waals surface area (Å²) in [4.78, 5) is 21.6. The van der Waals surface area contributed by atoms with Gasteiger partial charge in [0.15, 0.2) is 0 Å². The van der Waals surface area contributed by atoms with Gasteiger partial charge in [0, 0.05) is 25.1 Å². The topological polar surface area (TPSA) is 62.5 Å². The van der Waals surface area contributed by atoms with Gasteiger partial charge in [0.1, 0.15) is 0 Å². The molecule has 31 heavy (non-hydrogen) atoms. The number of hydrogen-bond acceptors (Lipinski definition) is 5. The minimum absolute atomic E-state index is 0.0536. The molecule has 162 valence electrons. The minimum atomic E-state index is 0.0536. The van der Waals surface area contributed by atoms with Gasteiger partial charge < -0.3 is 9.42 Å². The summed E-state index contributed by atoms with van der Waals surface area (Å²) in [7, 11) is 1.82. The van der Waals surface area contributed by atoms with Gasteiger partial charge in [0.25, 0.3) is 0 Å². The van der Waals surface area contributed by atoms with Crippen LogP contribution < -0.4 is 0 Å². The first-order chi connectivity index (χ1) is 15.0. The molecule has 1 aliphatic rings. The summed E-state index contributed by atoms with van der Waals surface area (Å²) in [5.41, 5.74) is 4.69. The molecular weight excluding hydrogens is 388 g/mol. The number of benzene rings is 2. The lowest BCUT2D eigenvalue weighted by Crippen LogP contribution is -2.40. The summed E-state index contributed by atoms with van der Waals surface area (Å²) in [5, 5.41) is 4.08. The second-order valence-corrected chi connectivity index (χ2v) is 8.61. The maximum atomic E-state index is 13.0. The van der Waals surface area contributed by atoms with E-state index in [4.69, 9.17) is 4.52 Å². The van der Waals surface area contributed by atoms with Gasteiger partial charge in [-0.2, -0.15) is 4.98 Å². The second-order valence-electron chi connectivity index (χ2n) is 8.61. The molecule has 2 aromatic carbocycles. The Morgan fingerprint density at radius 3 is 2.52 bits per heavy atom. The Balaban J connectivity index is 1.29. The van der Waals surface area contributed by atoms with Crippen molar-refractivity contribution in [2.75, 3.05) is 20.1 Å².